The number of rotatable bonds is 3. The first kappa shape index (κ1) is 13.9. The van der Waals surface area contributed by atoms with Crippen LogP contribution in [0.25, 0.3) is 0 Å². The topological polar surface area (TPSA) is 55.1 Å². The van der Waals surface area contributed by atoms with Gasteiger partial charge in [0.05, 0.1) is 8.45 Å². The SMILES string of the molecule is CC(C)(C)C(CN)NC(=O)c1csc(I)c1. The molecule has 1 aromatic heterocycles. The molecule has 0 aromatic carbocycles. The maximum atomic E-state index is 11.9. The fourth-order valence-corrected chi connectivity index (χ4v) is 2.63. The van der Waals surface area contributed by atoms with Gasteiger partial charge in [0.15, 0.2) is 0 Å². The van der Waals surface area contributed by atoms with E-state index in [2.05, 4.69) is 48.7 Å². The maximum absolute atomic E-state index is 11.9. The molecule has 0 aliphatic heterocycles. The van der Waals surface area contributed by atoms with E-state index >= 15 is 0 Å². The smallest absolute Gasteiger partial charge is 0.252 e. The Kier molecular flexibility index (Phi) is 4.75. The van der Waals surface area contributed by atoms with Gasteiger partial charge in [0, 0.05) is 18.0 Å². The first-order chi connectivity index (χ1) is 7.34. The Bertz CT molecular complexity index is 370. The molecule has 0 radical (unpaired) electrons. The zero-order valence-corrected chi connectivity index (χ0v) is 12.7. The molecule has 0 aliphatic rings. The number of nitrogens with one attached hydrogen (secondary N) is 1. The quantitative estimate of drug-likeness (QED) is 0.821. The van der Waals surface area contributed by atoms with Crippen LogP contribution in [-0.4, -0.2) is 18.5 Å². The van der Waals surface area contributed by atoms with Crippen molar-refractivity contribution in [3.8, 4) is 0 Å². The molecule has 1 aromatic rings. The molecular weight excluding hydrogens is 335 g/mol. The molecular formula is C11H17IN2OS. The van der Waals surface area contributed by atoms with Gasteiger partial charge < -0.3 is 11.1 Å². The van der Waals surface area contributed by atoms with Crippen molar-refractivity contribution in [3.05, 3.63) is 19.9 Å². The lowest BCUT2D eigenvalue weighted by molar-refractivity contribution is 0.0906. The van der Waals surface area contributed by atoms with Crippen molar-refractivity contribution < 1.29 is 4.79 Å². The highest BCUT2D eigenvalue weighted by Gasteiger charge is 2.25. The minimum atomic E-state index is -0.0375. The molecule has 0 fully saturated rings. The highest BCUT2D eigenvalue weighted by atomic mass is 127. The van der Waals surface area contributed by atoms with Crippen molar-refractivity contribution in [1.82, 2.24) is 5.32 Å². The van der Waals surface area contributed by atoms with Crippen molar-refractivity contribution in [1.29, 1.82) is 0 Å². The third kappa shape index (κ3) is 3.71. The molecule has 90 valence electrons. The van der Waals surface area contributed by atoms with E-state index in [0.717, 1.165) is 8.45 Å². The monoisotopic (exact) mass is 352 g/mol. The van der Waals surface area contributed by atoms with Gasteiger partial charge in [-0.3, -0.25) is 4.79 Å². The Hall–Kier alpha value is -0.140. The van der Waals surface area contributed by atoms with Gasteiger partial charge in [-0.05, 0) is 34.1 Å². The molecule has 16 heavy (non-hydrogen) atoms. The maximum Gasteiger partial charge on any atom is 0.252 e. The van der Waals surface area contributed by atoms with Crippen LogP contribution in [0.3, 0.4) is 0 Å². The molecule has 0 saturated carbocycles. The first-order valence-corrected chi connectivity index (χ1v) is 7.05. The Morgan fingerprint density at radius 3 is 2.62 bits per heavy atom. The minimum Gasteiger partial charge on any atom is -0.347 e. The number of thiophene rings is 1. The Morgan fingerprint density at radius 1 is 1.62 bits per heavy atom. The number of nitrogens with two attached hydrogens (primary N) is 1. The normalized spacial score (nSPS) is 13.6. The van der Waals surface area contributed by atoms with Crippen LogP contribution in [0.15, 0.2) is 11.4 Å². The Labute approximate surface area is 114 Å². The van der Waals surface area contributed by atoms with Crippen molar-refractivity contribution >= 4 is 39.8 Å². The number of carbonyl (C=O) groups excluding carboxylic acids is 1. The largest absolute Gasteiger partial charge is 0.347 e. The first-order valence-electron chi connectivity index (χ1n) is 5.09. The van der Waals surface area contributed by atoms with Crippen LogP contribution < -0.4 is 11.1 Å². The van der Waals surface area contributed by atoms with Crippen molar-refractivity contribution in [3.63, 3.8) is 0 Å². The third-order valence-corrected chi connectivity index (χ3v) is 4.21. The lowest BCUT2D eigenvalue weighted by Crippen LogP contribution is -2.48. The second kappa shape index (κ2) is 5.46. The standard InChI is InChI=1S/C11H17IN2OS/c1-11(2,3)8(5-13)14-10(15)7-4-9(12)16-6-7/h4,6,8H,5,13H2,1-3H3,(H,14,15). The van der Waals surface area contributed by atoms with Gasteiger partial charge in [-0.1, -0.05) is 20.8 Å². The number of carbonyl (C=O) groups is 1. The predicted molar refractivity (Wildman–Crippen MR) is 76.8 cm³/mol. The van der Waals surface area contributed by atoms with E-state index in [-0.39, 0.29) is 17.4 Å². The Balaban J connectivity index is 2.70. The second-order valence-corrected chi connectivity index (χ2v) is 7.57. The third-order valence-electron chi connectivity index (χ3n) is 2.42. The molecule has 0 spiro atoms. The van der Waals surface area contributed by atoms with Crippen LogP contribution in [0, 0.1) is 8.30 Å². The van der Waals surface area contributed by atoms with E-state index in [1.54, 1.807) is 11.3 Å². The van der Waals surface area contributed by atoms with Crippen LogP contribution in [0.1, 0.15) is 31.1 Å². The average Bonchev–Trinajstić information content (AvgIpc) is 2.59. The van der Waals surface area contributed by atoms with Crippen molar-refractivity contribution in [2.24, 2.45) is 11.1 Å². The Morgan fingerprint density at radius 2 is 2.25 bits per heavy atom. The highest BCUT2D eigenvalue weighted by Crippen LogP contribution is 2.20. The summed E-state index contributed by atoms with van der Waals surface area (Å²) in [5.41, 5.74) is 6.38. The van der Waals surface area contributed by atoms with E-state index in [9.17, 15) is 4.79 Å². The van der Waals surface area contributed by atoms with Crippen molar-refractivity contribution in [2.75, 3.05) is 6.54 Å². The van der Waals surface area contributed by atoms with Gasteiger partial charge in [0.2, 0.25) is 0 Å². The molecule has 1 amide bonds. The summed E-state index contributed by atoms with van der Waals surface area (Å²) < 4.78 is 1.11. The van der Waals surface area contributed by atoms with Crippen molar-refractivity contribution in [2.45, 2.75) is 26.8 Å². The lowest BCUT2D eigenvalue weighted by Gasteiger charge is -2.30. The summed E-state index contributed by atoms with van der Waals surface area (Å²) in [6.07, 6.45) is 0. The van der Waals surface area contributed by atoms with Gasteiger partial charge in [-0.15, -0.1) is 11.3 Å². The van der Waals surface area contributed by atoms with E-state index < -0.39 is 0 Å². The van der Waals surface area contributed by atoms with E-state index in [1.807, 2.05) is 11.4 Å². The fraction of sp³-hybridized carbons (Fsp3) is 0.545. The number of hydrogen-bond acceptors (Lipinski definition) is 3. The summed E-state index contributed by atoms with van der Waals surface area (Å²) in [5, 5.41) is 4.84. The predicted octanol–water partition coefficient (Wildman–Crippen LogP) is 2.46. The summed E-state index contributed by atoms with van der Waals surface area (Å²) in [4.78, 5) is 11.9. The zero-order valence-electron chi connectivity index (χ0n) is 9.71. The van der Waals surface area contributed by atoms with Crippen LogP contribution in [0.4, 0.5) is 0 Å². The van der Waals surface area contributed by atoms with Gasteiger partial charge in [0.1, 0.15) is 0 Å². The molecule has 1 atom stereocenters. The number of amides is 1. The summed E-state index contributed by atoms with van der Waals surface area (Å²) >= 11 is 3.78. The molecule has 3 nitrogen and oxygen atoms in total. The average molecular weight is 352 g/mol. The van der Waals surface area contributed by atoms with Crippen LogP contribution in [0.5, 0.6) is 0 Å². The second-order valence-electron chi connectivity index (χ2n) is 4.77. The molecule has 1 rings (SSSR count). The van der Waals surface area contributed by atoms with Crippen LogP contribution in [-0.2, 0) is 0 Å². The molecule has 1 heterocycles. The minimum absolute atomic E-state index is 0.00226. The molecule has 1 unspecified atom stereocenters. The number of halogens is 1. The summed E-state index contributed by atoms with van der Waals surface area (Å²) in [7, 11) is 0. The molecule has 5 heteroatoms. The van der Waals surface area contributed by atoms with Gasteiger partial charge in [-0.2, -0.15) is 0 Å². The van der Waals surface area contributed by atoms with E-state index in [1.165, 1.54) is 0 Å². The van der Waals surface area contributed by atoms with Gasteiger partial charge in [-0.25, -0.2) is 0 Å². The van der Waals surface area contributed by atoms with Crippen LogP contribution in [0.2, 0.25) is 0 Å². The molecule has 0 aliphatic carbocycles. The van der Waals surface area contributed by atoms with Gasteiger partial charge in [0.25, 0.3) is 5.91 Å². The fourth-order valence-electron chi connectivity index (χ4n) is 1.30. The summed E-state index contributed by atoms with van der Waals surface area (Å²) in [6, 6.07) is 1.88. The highest BCUT2D eigenvalue weighted by molar-refractivity contribution is 14.1. The van der Waals surface area contributed by atoms with E-state index in [4.69, 9.17) is 5.73 Å². The van der Waals surface area contributed by atoms with Crippen LogP contribution >= 0.6 is 33.9 Å². The van der Waals surface area contributed by atoms with Gasteiger partial charge >= 0.3 is 0 Å². The molecule has 0 bridgehead atoms. The summed E-state index contributed by atoms with van der Waals surface area (Å²) in [5.74, 6) is -0.0375. The number of hydrogen-bond donors (Lipinski definition) is 2. The van der Waals surface area contributed by atoms with E-state index in [0.29, 0.717) is 6.54 Å². The molecule has 3 N–H and O–H groups in total. The lowest BCUT2D eigenvalue weighted by atomic mass is 9.86. The molecule has 0 saturated heterocycles. The summed E-state index contributed by atoms with van der Waals surface area (Å²) in [6.45, 7) is 6.67. The zero-order chi connectivity index (χ0) is 12.3.